The number of methoxy groups -OCH3 is 1. The van der Waals surface area contributed by atoms with E-state index in [9.17, 15) is 4.79 Å². The van der Waals surface area contributed by atoms with Gasteiger partial charge in [-0.25, -0.2) is 9.78 Å². The molecule has 0 spiro atoms. The smallest absolute Gasteiger partial charge is 0.317 e. The van der Waals surface area contributed by atoms with E-state index in [-0.39, 0.29) is 12.1 Å². The molecule has 27 heavy (non-hydrogen) atoms. The number of piperidine rings is 1. The second kappa shape index (κ2) is 9.21. The third kappa shape index (κ3) is 5.57. The van der Waals surface area contributed by atoms with Gasteiger partial charge in [0, 0.05) is 25.4 Å². The Labute approximate surface area is 159 Å². The van der Waals surface area contributed by atoms with Crippen LogP contribution in [0.1, 0.15) is 24.2 Å². The van der Waals surface area contributed by atoms with Crippen molar-refractivity contribution in [2.45, 2.75) is 32.3 Å². The van der Waals surface area contributed by atoms with Crippen molar-refractivity contribution in [1.82, 2.24) is 20.2 Å². The van der Waals surface area contributed by atoms with Crippen molar-refractivity contribution in [1.29, 1.82) is 0 Å². The Bertz CT molecular complexity index is 751. The molecule has 1 saturated heterocycles. The molecule has 2 amide bonds. The van der Waals surface area contributed by atoms with Crippen LogP contribution in [0.3, 0.4) is 0 Å². The number of rotatable bonds is 6. The highest BCUT2D eigenvalue weighted by atomic mass is 16.5. The Hall–Kier alpha value is -2.83. The van der Waals surface area contributed by atoms with E-state index in [1.54, 1.807) is 19.4 Å². The van der Waals surface area contributed by atoms with Gasteiger partial charge in [0.2, 0.25) is 5.88 Å². The van der Waals surface area contributed by atoms with Gasteiger partial charge >= 0.3 is 6.03 Å². The van der Waals surface area contributed by atoms with Crippen molar-refractivity contribution in [3.8, 4) is 11.6 Å². The van der Waals surface area contributed by atoms with E-state index >= 15 is 0 Å². The topological polar surface area (TPSA) is 76.6 Å². The Morgan fingerprint density at radius 3 is 2.85 bits per heavy atom. The summed E-state index contributed by atoms with van der Waals surface area (Å²) in [6, 6.07) is 9.59. The fourth-order valence-electron chi connectivity index (χ4n) is 3.11. The van der Waals surface area contributed by atoms with Crippen molar-refractivity contribution < 1.29 is 14.3 Å². The van der Waals surface area contributed by atoms with Gasteiger partial charge in [-0.3, -0.25) is 0 Å². The summed E-state index contributed by atoms with van der Waals surface area (Å²) in [5.41, 5.74) is 1.16. The number of urea groups is 1. The van der Waals surface area contributed by atoms with Crippen molar-refractivity contribution in [3.05, 3.63) is 47.9 Å². The zero-order valence-corrected chi connectivity index (χ0v) is 15.9. The normalized spacial score (nSPS) is 16.7. The number of hydrogen-bond acceptors (Lipinski definition) is 5. The van der Waals surface area contributed by atoms with E-state index in [4.69, 9.17) is 9.47 Å². The monoisotopic (exact) mass is 370 g/mol. The van der Waals surface area contributed by atoms with Crippen LogP contribution in [-0.2, 0) is 6.42 Å². The van der Waals surface area contributed by atoms with Gasteiger partial charge in [0.1, 0.15) is 17.7 Å². The molecule has 1 atom stereocenters. The molecule has 2 heterocycles. The summed E-state index contributed by atoms with van der Waals surface area (Å²) in [4.78, 5) is 22.6. The zero-order chi connectivity index (χ0) is 19.1. The first kappa shape index (κ1) is 18.9. The number of amides is 2. The van der Waals surface area contributed by atoms with Gasteiger partial charge in [-0.05, 0) is 43.9 Å². The molecule has 1 aliphatic rings. The number of carbonyl (C=O) groups is 1. The largest absolute Gasteiger partial charge is 0.497 e. The number of benzene rings is 1. The van der Waals surface area contributed by atoms with E-state index in [1.807, 2.05) is 36.1 Å². The van der Waals surface area contributed by atoms with Gasteiger partial charge in [-0.1, -0.05) is 12.1 Å². The van der Waals surface area contributed by atoms with Gasteiger partial charge in [-0.15, -0.1) is 0 Å². The SMILES string of the molecule is COc1ccc(CCNC(=O)N2CCCC(Oc3ccnc(C)n3)C2)cc1. The van der Waals surface area contributed by atoms with Crippen LogP contribution in [0.2, 0.25) is 0 Å². The molecule has 7 nitrogen and oxygen atoms in total. The quantitative estimate of drug-likeness (QED) is 0.846. The molecular formula is C20H26N4O3. The van der Waals surface area contributed by atoms with Gasteiger partial charge in [0.25, 0.3) is 0 Å². The van der Waals surface area contributed by atoms with Crippen LogP contribution < -0.4 is 14.8 Å². The van der Waals surface area contributed by atoms with Crippen LogP contribution >= 0.6 is 0 Å². The zero-order valence-electron chi connectivity index (χ0n) is 15.9. The Kier molecular flexibility index (Phi) is 6.46. The summed E-state index contributed by atoms with van der Waals surface area (Å²) in [6.07, 6.45) is 4.26. The number of hydrogen-bond donors (Lipinski definition) is 1. The second-order valence-electron chi connectivity index (χ2n) is 6.60. The highest BCUT2D eigenvalue weighted by molar-refractivity contribution is 5.74. The molecule has 0 aliphatic carbocycles. The highest BCUT2D eigenvalue weighted by Crippen LogP contribution is 2.17. The standard InChI is InChI=1S/C20H26N4O3/c1-15-21-12-10-19(23-15)27-18-4-3-13-24(14-18)20(25)22-11-9-16-5-7-17(26-2)8-6-16/h5-8,10,12,18H,3-4,9,11,13-14H2,1-2H3,(H,22,25). The summed E-state index contributed by atoms with van der Waals surface area (Å²) in [5, 5.41) is 3.00. The molecular weight excluding hydrogens is 344 g/mol. The number of nitrogens with one attached hydrogen (secondary N) is 1. The first-order valence-corrected chi connectivity index (χ1v) is 9.26. The van der Waals surface area contributed by atoms with E-state index in [0.29, 0.717) is 24.8 Å². The first-order chi connectivity index (χ1) is 13.1. The summed E-state index contributed by atoms with van der Waals surface area (Å²) in [5.74, 6) is 2.08. The molecule has 1 aliphatic heterocycles. The Balaban J connectivity index is 1.44. The second-order valence-corrected chi connectivity index (χ2v) is 6.60. The lowest BCUT2D eigenvalue weighted by molar-refractivity contribution is 0.0976. The summed E-state index contributed by atoms with van der Waals surface area (Å²) in [6.45, 7) is 3.74. The summed E-state index contributed by atoms with van der Waals surface area (Å²) >= 11 is 0. The van der Waals surface area contributed by atoms with Crippen LogP contribution in [-0.4, -0.2) is 53.7 Å². The number of carbonyl (C=O) groups excluding carboxylic acids is 1. The minimum Gasteiger partial charge on any atom is -0.497 e. The lowest BCUT2D eigenvalue weighted by Gasteiger charge is -2.32. The Morgan fingerprint density at radius 1 is 1.30 bits per heavy atom. The molecule has 1 unspecified atom stereocenters. The molecule has 0 bridgehead atoms. The van der Waals surface area contributed by atoms with Crippen molar-refractivity contribution in [2.24, 2.45) is 0 Å². The van der Waals surface area contributed by atoms with Crippen molar-refractivity contribution in [3.63, 3.8) is 0 Å². The average molecular weight is 370 g/mol. The molecule has 1 aromatic heterocycles. The van der Waals surface area contributed by atoms with Crippen LogP contribution in [0.25, 0.3) is 0 Å². The summed E-state index contributed by atoms with van der Waals surface area (Å²) < 4.78 is 11.1. The molecule has 3 rings (SSSR count). The molecule has 0 radical (unpaired) electrons. The average Bonchev–Trinajstić information content (AvgIpc) is 2.69. The molecule has 0 saturated carbocycles. The van der Waals surface area contributed by atoms with Gasteiger partial charge < -0.3 is 19.7 Å². The fraction of sp³-hybridized carbons (Fsp3) is 0.450. The lowest BCUT2D eigenvalue weighted by atomic mass is 10.1. The highest BCUT2D eigenvalue weighted by Gasteiger charge is 2.25. The van der Waals surface area contributed by atoms with E-state index in [0.717, 1.165) is 37.1 Å². The van der Waals surface area contributed by atoms with Gasteiger partial charge in [0.15, 0.2) is 0 Å². The minimum absolute atomic E-state index is 0.0413. The third-order valence-corrected chi connectivity index (χ3v) is 4.55. The van der Waals surface area contributed by atoms with E-state index in [1.165, 1.54) is 0 Å². The predicted molar refractivity (Wildman–Crippen MR) is 102 cm³/mol. The number of likely N-dealkylation sites (tertiary alicyclic amines) is 1. The molecule has 2 aromatic rings. The summed E-state index contributed by atoms with van der Waals surface area (Å²) in [7, 11) is 1.65. The maximum Gasteiger partial charge on any atom is 0.317 e. The number of aryl methyl sites for hydroxylation is 1. The molecule has 1 aromatic carbocycles. The van der Waals surface area contributed by atoms with Crippen molar-refractivity contribution in [2.75, 3.05) is 26.7 Å². The molecule has 1 fully saturated rings. The van der Waals surface area contributed by atoms with Crippen LogP contribution in [0.5, 0.6) is 11.6 Å². The van der Waals surface area contributed by atoms with Crippen LogP contribution in [0.15, 0.2) is 36.5 Å². The van der Waals surface area contributed by atoms with Gasteiger partial charge in [-0.2, -0.15) is 4.98 Å². The number of nitrogens with zero attached hydrogens (tertiary/aromatic N) is 3. The molecule has 144 valence electrons. The van der Waals surface area contributed by atoms with E-state index < -0.39 is 0 Å². The predicted octanol–water partition coefficient (Wildman–Crippen LogP) is 2.59. The third-order valence-electron chi connectivity index (χ3n) is 4.55. The Morgan fingerprint density at radius 2 is 2.11 bits per heavy atom. The number of ether oxygens (including phenoxy) is 2. The maximum absolute atomic E-state index is 12.5. The first-order valence-electron chi connectivity index (χ1n) is 9.26. The van der Waals surface area contributed by atoms with Crippen molar-refractivity contribution >= 4 is 6.03 Å². The van der Waals surface area contributed by atoms with E-state index in [2.05, 4.69) is 15.3 Å². The molecule has 1 N–H and O–H groups in total. The minimum atomic E-state index is -0.0457. The maximum atomic E-state index is 12.5. The fourth-order valence-corrected chi connectivity index (χ4v) is 3.11. The van der Waals surface area contributed by atoms with Crippen LogP contribution in [0, 0.1) is 6.92 Å². The van der Waals surface area contributed by atoms with Crippen LogP contribution in [0.4, 0.5) is 4.79 Å². The lowest BCUT2D eigenvalue weighted by Crippen LogP contribution is -2.49. The number of aromatic nitrogens is 2. The van der Waals surface area contributed by atoms with Gasteiger partial charge in [0.05, 0.1) is 13.7 Å². The molecule has 7 heteroatoms.